The number of carbonyl (C=O) groups excluding carboxylic acids is 1. The van der Waals surface area contributed by atoms with Crippen LogP contribution >= 0.6 is 0 Å². The Morgan fingerprint density at radius 2 is 2.25 bits per heavy atom. The fourth-order valence-corrected chi connectivity index (χ4v) is 1.36. The third kappa shape index (κ3) is 2.22. The number of carbonyl (C=O) groups is 1. The largest absolute Gasteiger partial charge is 0.401 e. The van der Waals surface area contributed by atoms with E-state index in [4.69, 9.17) is 5.73 Å². The zero-order valence-electron chi connectivity index (χ0n) is 7.47. The van der Waals surface area contributed by atoms with Crippen LogP contribution in [0, 0.1) is 0 Å². The van der Waals surface area contributed by atoms with E-state index in [0.29, 0.717) is 5.57 Å². The van der Waals surface area contributed by atoms with Crippen molar-refractivity contribution in [2.24, 2.45) is 5.73 Å². The van der Waals surface area contributed by atoms with Gasteiger partial charge < -0.3 is 5.73 Å². The maximum atomic E-state index is 11.1. The maximum Gasteiger partial charge on any atom is 0.161 e. The Hall–Kier alpha value is -1.05. The van der Waals surface area contributed by atoms with Gasteiger partial charge in [0.15, 0.2) is 5.78 Å². The quantitative estimate of drug-likeness (QED) is 0.645. The maximum absolute atomic E-state index is 11.1. The Kier molecular flexibility index (Phi) is 3.09. The Bertz CT molecular complexity index is 238. The predicted octanol–water partition coefficient (Wildman–Crippen LogP) is 1.92. The second-order valence-corrected chi connectivity index (χ2v) is 3.14. The van der Waals surface area contributed by atoms with E-state index in [2.05, 4.69) is 0 Å². The molecule has 0 aromatic carbocycles. The lowest BCUT2D eigenvalue weighted by Crippen LogP contribution is -2.08. The molecule has 0 amide bonds. The van der Waals surface area contributed by atoms with E-state index in [0.717, 1.165) is 25.0 Å². The summed E-state index contributed by atoms with van der Waals surface area (Å²) in [5, 5.41) is 0. The molecule has 0 heterocycles. The van der Waals surface area contributed by atoms with Gasteiger partial charge in [-0.15, -0.1) is 0 Å². The van der Waals surface area contributed by atoms with E-state index in [9.17, 15) is 4.79 Å². The number of rotatable bonds is 1. The molecule has 2 heteroatoms. The molecule has 0 spiro atoms. The Balaban J connectivity index is 2.87. The fourth-order valence-electron chi connectivity index (χ4n) is 1.36. The molecule has 0 fully saturated rings. The third-order valence-corrected chi connectivity index (χ3v) is 2.08. The standard InChI is InChI=1S/C10H15NO/c1-8(12)9-6-4-2-3-5-7-10(9)11/h4,6H,2-3,5,7,11H2,1H3/b6-4-,10-9-. The van der Waals surface area contributed by atoms with Crippen molar-refractivity contribution in [1.82, 2.24) is 0 Å². The molecule has 2 N–H and O–H groups in total. The molecule has 0 aromatic rings. The molecule has 12 heavy (non-hydrogen) atoms. The molecule has 1 aliphatic rings. The van der Waals surface area contributed by atoms with Gasteiger partial charge in [0, 0.05) is 11.3 Å². The average Bonchev–Trinajstić information content (AvgIpc) is 1.96. The van der Waals surface area contributed by atoms with Gasteiger partial charge in [-0.2, -0.15) is 0 Å². The smallest absolute Gasteiger partial charge is 0.161 e. The molecule has 0 unspecified atom stereocenters. The zero-order chi connectivity index (χ0) is 8.97. The SMILES string of the molecule is CC(=O)C1=C(\N)CCCC/C=C\1. The summed E-state index contributed by atoms with van der Waals surface area (Å²) in [6, 6.07) is 0. The van der Waals surface area contributed by atoms with Crippen LogP contribution < -0.4 is 5.73 Å². The lowest BCUT2D eigenvalue weighted by molar-refractivity contribution is -0.113. The molecular formula is C10H15NO. The summed E-state index contributed by atoms with van der Waals surface area (Å²) in [7, 11) is 0. The van der Waals surface area contributed by atoms with Crippen LogP contribution in [0.4, 0.5) is 0 Å². The van der Waals surface area contributed by atoms with Crippen molar-refractivity contribution >= 4 is 5.78 Å². The van der Waals surface area contributed by atoms with Gasteiger partial charge in [0.25, 0.3) is 0 Å². The van der Waals surface area contributed by atoms with Gasteiger partial charge in [0.05, 0.1) is 0 Å². The second-order valence-electron chi connectivity index (χ2n) is 3.14. The van der Waals surface area contributed by atoms with E-state index >= 15 is 0 Å². The second kappa shape index (κ2) is 4.10. The summed E-state index contributed by atoms with van der Waals surface area (Å²) >= 11 is 0. The minimum Gasteiger partial charge on any atom is -0.401 e. The monoisotopic (exact) mass is 165 g/mol. The Labute approximate surface area is 73.1 Å². The van der Waals surface area contributed by atoms with E-state index in [1.807, 2.05) is 12.2 Å². The lowest BCUT2D eigenvalue weighted by atomic mass is 10.0. The number of Topliss-reactive ketones (excluding diaryl/α,β-unsaturated/α-hetero) is 1. The molecule has 1 rings (SSSR count). The molecule has 0 bridgehead atoms. The van der Waals surface area contributed by atoms with Crippen molar-refractivity contribution in [3.05, 3.63) is 23.4 Å². The summed E-state index contributed by atoms with van der Waals surface area (Å²) in [5.74, 6) is 0.0747. The van der Waals surface area contributed by atoms with Crippen molar-refractivity contribution in [2.45, 2.75) is 32.6 Å². The van der Waals surface area contributed by atoms with Gasteiger partial charge in [0.1, 0.15) is 0 Å². The summed E-state index contributed by atoms with van der Waals surface area (Å²) in [5.41, 5.74) is 7.21. The first-order chi connectivity index (χ1) is 5.72. The van der Waals surface area contributed by atoms with Crippen molar-refractivity contribution in [3.8, 4) is 0 Å². The summed E-state index contributed by atoms with van der Waals surface area (Å²) in [6.07, 6.45) is 8.07. The number of nitrogens with two attached hydrogens (primary N) is 1. The highest BCUT2D eigenvalue weighted by Crippen LogP contribution is 2.15. The van der Waals surface area contributed by atoms with Crippen molar-refractivity contribution in [1.29, 1.82) is 0 Å². The van der Waals surface area contributed by atoms with E-state index in [1.54, 1.807) is 6.92 Å². The molecule has 0 saturated carbocycles. The molecule has 66 valence electrons. The highest BCUT2D eigenvalue weighted by molar-refractivity contribution is 5.96. The molecule has 0 radical (unpaired) electrons. The van der Waals surface area contributed by atoms with Crippen molar-refractivity contribution in [3.63, 3.8) is 0 Å². The first-order valence-corrected chi connectivity index (χ1v) is 4.38. The summed E-state index contributed by atoms with van der Waals surface area (Å²) < 4.78 is 0. The van der Waals surface area contributed by atoms with Gasteiger partial charge >= 0.3 is 0 Å². The fraction of sp³-hybridized carbons (Fsp3) is 0.500. The van der Waals surface area contributed by atoms with Gasteiger partial charge in [-0.05, 0) is 32.6 Å². The van der Waals surface area contributed by atoms with Crippen molar-refractivity contribution in [2.75, 3.05) is 0 Å². The molecule has 2 nitrogen and oxygen atoms in total. The summed E-state index contributed by atoms with van der Waals surface area (Å²) in [6.45, 7) is 1.56. The average molecular weight is 165 g/mol. The Morgan fingerprint density at radius 3 is 2.92 bits per heavy atom. The summed E-state index contributed by atoms with van der Waals surface area (Å²) in [4.78, 5) is 11.1. The van der Waals surface area contributed by atoms with Crippen LogP contribution in [0.2, 0.25) is 0 Å². The minimum atomic E-state index is 0.0747. The number of ketones is 1. The highest BCUT2D eigenvalue weighted by Gasteiger charge is 2.06. The van der Waals surface area contributed by atoms with E-state index < -0.39 is 0 Å². The third-order valence-electron chi connectivity index (χ3n) is 2.08. The van der Waals surface area contributed by atoms with Gasteiger partial charge in [-0.1, -0.05) is 12.2 Å². The zero-order valence-corrected chi connectivity index (χ0v) is 7.47. The lowest BCUT2D eigenvalue weighted by Gasteiger charge is -2.08. The molecule has 0 saturated heterocycles. The number of allylic oxidation sites excluding steroid dienone is 4. The van der Waals surface area contributed by atoms with Gasteiger partial charge in [-0.25, -0.2) is 0 Å². The van der Waals surface area contributed by atoms with Gasteiger partial charge in [-0.3, -0.25) is 4.79 Å². The molecular weight excluding hydrogens is 150 g/mol. The van der Waals surface area contributed by atoms with Crippen LogP contribution in [0.25, 0.3) is 0 Å². The Morgan fingerprint density at radius 1 is 1.50 bits per heavy atom. The van der Waals surface area contributed by atoms with Crippen LogP contribution in [-0.2, 0) is 4.79 Å². The van der Waals surface area contributed by atoms with Crippen molar-refractivity contribution < 1.29 is 4.79 Å². The van der Waals surface area contributed by atoms with Crippen LogP contribution in [-0.4, -0.2) is 5.78 Å². The normalized spacial score (nSPS) is 27.4. The topological polar surface area (TPSA) is 43.1 Å². The first kappa shape index (κ1) is 9.04. The number of hydrogen-bond acceptors (Lipinski definition) is 2. The molecule has 0 aliphatic heterocycles. The van der Waals surface area contributed by atoms with Crippen LogP contribution in [0.1, 0.15) is 32.6 Å². The molecule has 1 aliphatic carbocycles. The minimum absolute atomic E-state index is 0.0747. The van der Waals surface area contributed by atoms with E-state index in [-0.39, 0.29) is 5.78 Å². The van der Waals surface area contributed by atoms with Crippen LogP contribution in [0.5, 0.6) is 0 Å². The van der Waals surface area contributed by atoms with Crippen LogP contribution in [0.15, 0.2) is 23.4 Å². The van der Waals surface area contributed by atoms with Crippen LogP contribution in [0.3, 0.4) is 0 Å². The molecule has 0 atom stereocenters. The first-order valence-electron chi connectivity index (χ1n) is 4.38. The van der Waals surface area contributed by atoms with Gasteiger partial charge in [0.2, 0.25) is 0 Å². The van der Waals surface area contributed by atoms with E-state index in [1.165, 1.54) is 6.42 Å². The molecule has 0 aromatic heterocycles. The predicted molar refractivity (Wildman–Crippen MR) is 49.5 cm³/mol. The highest BCUT2D eigenvalue weighted by atomic mass is 16.1. The number of hydrogen-bond donors (Lipinski definition) is 1.